The van der Waals surface area contributed by atoms with Crippen molar-refractivity contribution in [3.63, 3.8) is 0 Å². The molecule has 2 aromatic carbocycles. The predicted octanol–water partition coefficient (Wildman–Crippen LogP) is 3.92. The molecule has 5 nitrogen and oxygen atoms in total. The number of nitrogens with zero attached hydrogens (tertiary/aromatic N) is 2. The number of amidine groups is 1. The molecule has 126 valence electrons. The fourth-order valence-corrected chi connectivity index (χ4v) is 3.59. The molecule has 1 N–H and O–H groups in total. The summed E-state index contributed by atoms with van der Waals surface area (Å²) in [6.07, 6.45) is 2.07. The van der Waals surface area contributed by atoms with Gasteiger partial charge in [-0.3, -0.25) is 10.3 Å². The van der Waals surface area contributed by atoms with Crippen LogP contribution in [0.15, 0.2) is 65.2 Å². The Bertz CT molecular complexity index is 891. The van der Waals surface area contributed by atoms with Crippen LogP contribution in [0, 0.1) is 0 Å². The third-order valence-corrected chi connectivity index (χ3v) is 4.88. The molecular formula is C19H17N3O2S. The lowest BCUT2D eigenvalue weighted by atomic mass is 10.1. The van der Waals surface area contributed by atoms with Crippen LogP contribution in [-0.4, -0.2) is 24.3 Å². The van der Waals surface area contributed by atoms with Gasteiger partial charge >= 0.3 is 0 Å². The van der Waals surface area contributed by atoms with Gasteiger partial charge in [-0.2, -0.15) is 0 Å². The molecule has 0 amide bonds. The van der Waals surface area contributed by atoms with Crippen molar-refractivity contribution in [2.24, 2.45) is 5.10 Å². The Kier molecular flexibility index (Phi) is 4.11. The molecule has 0 aliphatic carbocycles. The van der Waals surface area contributed by atoms with E-state index in [0.717, 1.165) is 27.7 Å². The van der Waals surface area contributed by atoms with Gasteiger partial charge in [0.25, 0.3) is 0 Å². The first-order valence-corrected chi connectivity index (χ1v) is 8.67. The van der Waals surface area contributed by atoms with E-state index in [0.29, 0.717) is 11.5 Å². The zero-order valence-corrected chi connectivity index (χ0v) is 14.7. The van der Waals surface area contributed by atoms with Crippen LogP contribution in [-0.2, 0) is 0 Å². The minimum atomic E-state index is 0.707. The Hall–Kier alpha value is -2.86. The van der Waals surface area contributed by atoms with E-state index in [1.165, 1.54) is 0 Å². The van der Waals surface area contributed by atoms with Crippen molar-refractivity contribution in [3.05, 3.63) is 71.3 Å². The predicted molar refractivity (Wildman–Crippen MR) is 102 cm³/mol. The van der Waals surface area contributed by atoms with Gasteiger partial charge in [-0.05, 0) is 18.2 Å². The van der Waals surface area contributed by atoms with Gasteiger partial charge in [0, 0.05) is 22.7 Å². The summed E-state index contributed by atoms with van der Waals surface area (Å²) in [5.41, 5.74) is 7.27. The van der Waals surface area contributed by atoms with Gasteiger partial charge < -0.3 is 9.47 Å². The highest BCUT2D eigenvalue weighted by Gasteiger charge is 2.27. The van der Waals surface area contributed by atoms with Crippen molar-refractivity contribution in [2.75, 3.05) is 14.2 Å². The molecule has 25 heavy (non-hydrogen) atoms. The second kappa shape index (κ2) is 6.57. The van der Waals surface area contributed by atoms with Crippen molar-refractivity contribution in [3.8, 4) is 11.5 Å². The molecule has 0 saturated heterocycles. The highest BCUT2D eigenvalue weighted by Crippen LogP contribution is 2.39. The van der Waals surface area contributed by atoms with Crippen LogP contribution in [0.5, 0.6) is 11.5 Å². The lowest BCUT2D eigenvalue weighted by Gasteiger charge is -2.24. The first kappa shape index (κ1) is 15.7. The maximum absolute atomic E-state index is 5.43. The molecule has 2 heterocycles. The first-order valence-electron chi connectivity index (χ1n) is 7.79. The van der Waals surface area contributed by atoms with Crippen LogP contribution in [0.1, 0.15) is 11.1 Å². The number of thioether (sulfide) groups is 1. The molecule has 0 radical (unpaired) electrons. The molecule has 0 bridgehead atoms. The number of benzene rings is 2. The van der Waals surface area contributed by atoms with Gasteiger partial charge in [-0.1, -0.05) is 42.1 Å². The van der Waals surface area contributed by atoms with Crippen LogP contribution in [0.4, 0.5) is 0 Å². The highest BCUT2D eigenvalue weighted by atomic mass is 32.2. The Labute approximate surface area is 150 Å². The molecule has 4 rings (SSSR count). The molecule has 0 spiro atoms. The van der Waals surface area contributed by atoms with Gasteiger partial charge in [0.2, 0.25) is 0 Å². The molecular weight excluding hydrogens is 334 g/mol. The third-order valence-electron chi connectivity index (χ3n) is 4.04. The molecule has 0 saturated carbocycles. The fraction of sp³-hybridized carbons (Fsp3) is 0.105. The first-order chi connectivity index (χ1) is 12.3. The van der Waals surface area contributed by atoms with E-state index in [1.54, 1.807) is 26.0 Å². The second-order valence-corrected chi connectivity index (χ2v) is 6.31. The SMILES string of the molecule is COc1ccc(C2=CSC3=NNC(c4ccccc4)=CN23)cc1OC. The van der Waals surface area contributed by atoms with E-state index in [2.05, 4.69) is 39.2 Å². The maximum Gasteiger partial charge on any atom is 0.196 e. The summed E-state index contributed by atoms with van der Waals surface area (Å²) in [5, 5.41) is 7.46. The van der Waals surface area contributed by atoms with E-state index < -0.39 is 0 Å². The largest absolute Gasteiger partial charge is 0.493 e. The Morgan fingerprint density at radius 2 is 1.76 bits per heavy atom. The summed E-state index contributed by atoms with van der Waals surface area (Å²) in [6, 6.07) is 16.1. The van der Waals surface area contributed by atoms with Crippen molar-refractivity contribution >= 4 is 28.3 Å². The van der Waals surface area contributed by atoms with Crippen LogP contribution in [0.2, 0.25) is 0 Å². The number of methoxy groups -OCH3 is 2. The van der Waals surface area contributed by atoms with Crippen LogP contribution >= 0.6 is 11.8 Å². The number of hydrogen-bond acceptors (Lipinski definition) is 6. The summed E-state index contributed by atoms with van der Waals surface area (Å²) >= 11 is 1.58. The summed E-state index contributed by atoms with van der Waals surface area (Å²) in [7, 11) is 3.28. The zero-order valence-electron chi connectivity index (χ0n) is 13.9. The number of fused-ring (bicyclic) bond motifs is 1. The Morgan fingerprint density at radius 3 is 2.52 bits per heavy atom. The number of nitrogens with one attached hydrogen (secondary N) is 1. The highest BCUT2D eigenvalue weighted by molar-refractivity contribution is 8.16. The molecule has 2 aliphatic heterocycles. The summed E-state index contributed by atoms with van der Waals surface area (Å²) < 4.78 is 10.8. The number of hydrogen-bond donors (Lipinski definition) is 1. The third kappa shape index (κ3) is 2.85. The van der Waals surface area contributed by atoms with Gasteiger partial charge in [-0.15, -0.1) is 5.10 Å². The average molecular weight is 351 g/mol. The van der Waals surface area contributed by atoms with Crippen molar-refractivity contribution < 1.29 is 9.47 Å². The van der Waals surface area contributed by atoms with Gasteiger partial charge in [0.15, 0.2) is 16.7 Å². The molecule has 2 aliphatic rings. The van der Waals surface area contributed by atoms with Crippen molar-refractivity contribution in [1.29, 1.82) is 0 Å². The van der Waals surface area contributed by atoms with E-state index >= 15 is 0 Å². The molecule has 6 heteroatoms. The van der Waals surface area contributed by atoms with Crippen LogP contribution < -0.4 is 14.9 Å². The molecule has 0 aromatic heterocycles. The topological polar surface area (TPSA) is 46.1 Å². The standard InChI is InChI=1S/C19H17N3O2S/c1-23-17-9-8-14(10-18(17)24-2)16-12-25-19-21-20-15(11-22(16)19)13-6-4-3-5-7-13/h3-12,20H,1-2H3. The maximum atomic E-state index is 5.43. The van der Waals surface area contributed by atoms with Gasteiger partial charge in [-0.25, -0.2) is 0 Å². The summed E-state index contributed by atoms with van der Waals surface area (Å²) in [6.45, 7) is 0. The average Bonchev–Trinajstić information content (AvgIpc) is 3.11. The van der Waals surface area contributed by atoms with Gasteiger partial charge in [0.1, 0.15) is 0 Å². The molecule has 2 aromatic rings. The van der Waals surface area contributed by atoms with E-state index in [1.807, 2.05) is 36.4 Å². The normalized spacial score (nSPS) is 15.6. The van der Waals surface area contributed by atoms with Crippen LogP contribution in [0.3, 0.4) is 0 Å². The van der Waals surface area contributed by atoms with Crippen molar-refractivity contribution in [2.45, 2.75) is 0 Å². The van der Waals surface area contributed by atoms with Gasteiger partial charge in [0.05, 0.1) is 25.6 Å². The minimum Gasteiger partial charge on any atom is -0.493 e. The smallest absolute Gasteiger partial charge is 0.196 e. The quantitative estimate of drug-likeness (QED) is 0.904. The Morgan fingerprint density at radius 1 is 0.960 bits per heavy atom. The zero-order chi connectivity index (χ0) is 17.2. The van der Waals surface area contributed by atoms with E-state index in [4.69, 9.17) is 9.47 Å². The van der Waals surface area contributed by atoms with E-state index in [-0.39, 0.29) is 0 Å². The summed E-state index contributed by atoms with van der Waals surface area (Å²) in [5.74, 6) is 1.42. The summed E-state index contributed by atoms with van der Waals surface area (Å²) in [4.78, 5) is 2.09. The van der Waals surface area contributed by atoms with E-state index in [9.17, 15) is 0 Å². The molecule has 0 fully saturated rings. The van der Waals surface area contributed by atoms with Crippen LogP contribution in [0.25, 0.3) is 11.4 Å². The Balaban J connectivity index is 1.69. The monoisotopic (exact) mass is 351 g/mol. The number of ether oxygens (including phenoxy) is 2. The number of rotatable bonds is 4. The molecule has 0 atom stereocenters. The number of hydrazone groups is 1. The molecule has 0 unspecified atom stereocenters. The van der Waals surface area contributed by atoms with Crippen molar-refractivity contribution in [1.82, 2.24) is 10.3 Å². The lowest BCUT2D eigenvalue weighted by Crippen LogP contribution is -2.26. The second-order valence-electron chi connectivity index (χ2n) is 5.48. The minimum absolute atomic E-state index is 0.707. The lowest BCUT2D eigenvalue weighted by molar-refractivity contribution is 0.355. The fourth-order valence-electron chi connectivity index (χ4n) is 2.76.